The Bertz CT molecular complexity index is 269. The fourth-order valence-corrected chi connectivity index (χ4v) is 1.64. The average Bonchev–Trinajstić information content (AvgIpc) is 2.45. The van der Waals surface area contributed by atoms with Gasteiger partial charge in [0.15, 0.2) is 0 Å². The van der Waals surface area contributed by atoms with Crippen LogP contribution in [-0.4, -0.2) is 6.10 Å². The summed E-state index contributed by atoms with van der Waals surface area (Å²) in [5.41, 5.74) is 2.79. The van der Waals surface area contributed by atoms with E-state index in [1.54, 1.807) is 0 Å². The van der Waals surface area contributed by atoms with E-state index in [0.29, 0.717) is 0 Å². The maximum Gasteiger partial charge on any atom is 0.142 e. The number of hydrogen-bond donors (Lipinski definition) is 0. The van der Waals surface area contributed by atoms with E-state index in [1.807, 2.05) is 6.92 Å². The highest BCUT2D eigenvalue weighted by molar-refractivity contribution is 5.47. The van der Waals surface area contributed by atoms with Crippen molar-refractivity contribution in [2.24, 2.45) is 0 Å². The summed E-state index contributed by atoms with van der Waals surface area (Å²) < 4.78 is 5.53. The van der Waals surface area contributed by atoms with E-state index in [4.69, 9.17) is 4.74 Å². The maximum atomic E-state index is 5.53. The van der Waals surface area contributed by atoms with Crippen molar-refractivity contribution in [2.45, 2.75) is 26.4 Å². The Labute approximate surface area is 67.1 Å². The number of hydrogen-bond acceptors (Lipinski definition) is 1. The molecule has 1 nitrogen and oxygen atoms in total. The topological polar surface area (TPSA) is 9.23 Å². The first-order valence-corrected chi connectivity index (χ1v) is 4.07. The molecular formula is C10H12O. The molecule has 0 N–H and O–H groups in total. The summed E-state index contributed by atoms with van der Waals surface area (Å²) in [6.07, 6.45) is 7.79. The van der Waals surface area contributed by atoms with Crippen LogP contribution in [-0.2, 0) is 4.74 Å². The molecule has 0 aromatic heterocycles. The van der Waals surface area contributed by atoms with Crippen LogP contribution in [0.4, 0.5) is 0 Å². The molecule has 0 aromatic rings. The summed E-state index contributed by atoms with van der Waals surface area (Å²) in [6, 6.07) is 0. The van der Waals surface area contributed by atoms with E-state index in [1.165, 1.54) is 11.1 Å². The molecule has 0 fully saturated rings. The van der Waals surface area contributed by atoms with Crippen LogP contribution in [0.3, 0.4) is 0 Å². The van der Waals surface area contributed by atoms with Gasteiger partial charge in [-0.15, -0.1) is 0 Å². The lowest BCUT2D eigenvalue weighted by atomic mass is 10.1. The third-order valence-electron chi connectivity index (χ3n) is 2.20. The largest absolute Gasteiger partial charge is 0.486 e. The van der Waals surface area contributed by atoms with Gasteiger partial charge in [-0.05, 0) is 31.1 Å². The summed E-state index contributed by atoms with van der Waals surface area (Å²) >= 11 is 0. The van der Waals surface area contributed by atoms with Crippen LogP contribution in [0.2, 0.25) is 0 Å². The smallest absolute Gasteiger partial charge is 0.142 e. The van der Waals surface area contributed by atoms with Gasteiger partial charge in [0.05, 0.1) is 5.76 Å². The van der Waals surface area contributed by atoms with Crippen LogP contribution in [0.1, 0.15) is 20.3 Å². The summed E-state index contributed by atoms with van der Waals surface area (Å²) in [7, 11) is 0. The molecule has 1 unspecified atom stereocenters. The maximum absolute atomic E-state index is 5.53. The van der Waals surface area contributed by atoms with Crippen molar-refractivity contribution in [3.63, 3.8) is 0 Å². The molecule has 1 aliphatic carbocycles. The lowest BCUT2D eigenvalue weighted by Crippen LogP contribution is -2.00. The summed E-state index contributed by atoms with van der Waals surface area (Å²) in [5.74, 6) is 1.04. The molecule has 0 bridgehead atoms. The van der Waals surface area contributed by atoms with Gasteiger partial charge in [-0.2, -0.15) is 0 Å². The Morgan fingerprint density at radius 1 is 1.55 bits per heavy atom. The molecule has 1 atom stereocenters. The van der Waals surface area contributed by atoms with Crippen molar-refractivity contribution < 1.29 is 4.74 Å². The van der Waals surface area contributed by atoms with Crippen LogP contribution >= 0.6 is 0 Å². The molecule has 0 radical (unpaired) electrons. The Balaban J connectivity index is 2.37. The van der Waals surface area contributed by atoms with Crippen molar-refractivity contribution in [1.82, 2.24) is 0 Å². The van der Waals surface area contributed by atoms with E-state index in [-0.39, 0.29) is 6.10 Å². The number of ether oxygens (including phenoxy) is 1. The zero-order valence-corrected chi connectivity index (χ0v) is 6.92. The fourth-order valence-electron chi connectivity index (χ4n) is 1.64. The monoisotopic (exact) mass is 148 g/mol. The molecule has 0 spiro atoms. The predicted octanol–water partition coefficient (Wildman–Crippen LogP) is 2.57. The first-order chi connectivity index (χ1) is 5.31. The second-order valence-corrected chi connectivity index (χ2v) is 2.99. The molecule has 0 saturated heterocycles. The minimum Gasteiger partial charge on any atom is -0.486 e. The molecule has 1 heteroatoms. The second-order valence-electron chi connectivity index (χ2n) is 2.99. The van der Waals surface area contributed by atoms with Gasteiger partial charge in [-0.1, -0.05) is 13.0 Å². The van der Waals surface area contributed by atoms with Gasteiger partial charge in [-0.25, -0.2) is 0 Å². The number of allylic oxidation sites excluding steroid dienone is 3. The first kappa shape index (κ1) is 6.71. The van der Waals surface area contributed by atoms with Gasteiger partial charge in [-0.3, -0.25) is 0 Å². The summed E-state index contributed by atoms with van der Waals surface area (Å²) in [4.78, 5) is 0. The molecular weight excluding hydrogens is 136 g/mol. The minimum absolute atomic E-state index is 0.241. The highest BCUT2D eigenvalue weighted by atomic mass is 16.5. The van der Waals surface area contributed by atoms with Gasteiger partial charge >= 0.3 is 0 Å². The SMILES string of the molecule is CCC1=C2C=C(C)OC2C=C1. The highest BCUT2D eigenvalue weighted by Crippen LogP contribution is 2.32. The average molecular weight is 148 g/mol. The minimum atomic E-state index is 0.241. The Morgan fingerprint density at radius 2 is 2.36 bits per heavy atom. The molecule has 11 heavy (non-hydrogen) atoms. The highest BCUT2D eigenvalue weighted by Gasteiger charge is 2.24. The standard InChI is InChI=1S/C10H12O/c1-3-8-4-5-10-9(8)6-7(2)11-10/h4-6,10H,3H2,1-2H3. The normalized spacial score (nSPS) is 27.1. The van der Waals surface area contributed by atoms with Gasteiger partial charge in [0.25, 0.3) is 0 Å². The molecule has 58 valence electrons. The molecule has 0 amide bonds. The van der Waals surface area contributed by atoms with Gasteiger partial charge in [0, 0.05) is 5.57 Å². The summed E-state index contributed by atoms with van der Waals surface area (Å²) in [6.45, 7) is 4.18. The van der Waals surface area contributed by atoms with Crippen molar-refractivity contribution in [2.75, 3.05) is 0 Å². The fraction of sp³-hybridized carbons (Fsp3) is 0.400. The molecule has 0 aromatic carbocycles. The Hall–Kier alpha value is -0.980. The van der Waals surface area contributed by atoms with Crippen LogP contribution < -0.4 is 0 Å². The van der Waals surface area contributed by atoms with Crippen LogP contribution in [0.25, 0.3) is 0 Å². The third-order valence-corrected chi connectivity index (χ3v) is 2.20. The predicted molar refractivity (Wildman–Crippen MR) is 45.1 cm³/mol. The third kappa shape index (κ3) is 0.917. The van der Waals surface area contributed by atoms with Crippen LogP contribution in [0.15, 0.2) is 35.1 Å². The van der Waals surface area contributed by atoms with Crippen molar-refractivity contribution in [3.05, 3.63) is 35.1 Å². The zero-order chi connectivity index (χ0) is 7.84. The molecule has 2 aliphatic rings. The zero-order valence-electron chi connectivity index (χ0n) is 6.92. The van der Waals surface area contributed by atoms with E-state index < -0.39 is 0 Å². The lowest BCUT2D eigenvalue weighted by molar-refractivity contribution is 0.208. The molecule has 1 aliphatic heterocycles. The van der Waals surface area contributed by atoms with Gasteiger partial charge in [0.1, 0.15) is 6.10 Å². The van der Waals surface area contributed by atoms with Gasteiger partial charge < -0.3 is 4.74 Å². The van der Waals surface area contributed by atoms with E-state index in [2.05, 4.69) is 25.2 Å². The molecule has 1 heterocycles. The number of rotatable bonds is 1. The summed E-state index contributed by atoms with van der Waals surface area (Å²) in [5, 5.41) is 0. The first-order valence-electron chi connectivity index (χ1n) is 4.07. The Kier molecular flexibility index (Phi) is 1.38. The van der Waals surface area contributed by atoms with E-state index >= 15 is 0 Å². The van der Waals surface area contributed by atoms with Crippen molar-refractivity contribution >= 4 is 0 Å². The van der Waals surface area contributed by atoms with Crippen LogP contribution in [0, 0.1) is 0 Å². The van der Waals surface area contributed by atoms with Crippen molar-refractivity contribution in [3.8, 4) is 0 Å². The number of fused-ring (bicyclic) bond motifs is 1. The van der Waals surface area contributed by atoms with Gasteiger partial charge in [0.2, 0.25) is 0 Å². The Morgan fingerprint density at radius 3 is 3.09 bits per heavy atom. The van der Waals surface area contributed by atoms with E-state index in [9.17, 15) is 0 Å². The quantitative estimate of drug-likeness (QED) is 0.555. The lowest BCUT2D eigenvalue weighted by Gasteiger charge is -2.04. The van der Waals surface area contributed by atoms with E-state index in [0.717, 1.165) is 12.2 Å². The van der Waals surface area contributed by atoms with Crippen molar-refractivity contribution in [1.29, 1.82) is 0 Å². The second kappa shape index (κ2) is 2.26. The van der Waals surface area contributed by atoms with Crippen LogP contribution in [0.5, 0.6) is 0 Å². The molecule has 2 rings (SSSR count). The molecule has 0 saturated carbocycles.